The van der Waals surface area contributed by atoms with E-state index >= 15 is 0 Å². The van der Waals surface area contributed by atoms with Gasteiger partial charge in [-0.3, -0.25) is 23.7 Å². The van der Waals surface area contributed by atoms with Crippen molar-refractivity contribution in [2.24, 2.45) is 7.05 Å². The lowest BCUT2D eigenvalue weighted by molar-refractivity contribution is -0.745. The normalized spacial score (nSPS) is 21.4. The number of phosphoric ester groups is 1. The number of amides is 2. The van der Waals surface area contributed by atoms with Gasteiger partial charge in [-0.1, -0.05) is 4.98 Å². The molecule has 11 rings (SSSR count). The largest absolute Gasteiger partial charge is 0.481 e. The minimum absolute atomic E-state index is 0.00662. The van der Waals surface area contributed by atoms with Gasteiger partial charge in [0.15, 0.2) is 18.5 Å². The molecule has 27 heteroatoms. The van der Waals surface area contributed by atoms with Gasteiger partial charge in [0, 0.05) is 77.8 Å². The van der Waals surface area contributed by atoms with Crippen LogP contribution < -0.4 is 51.3 Å². The summed E-state index contributed by atoms with van der Waals surface area (Å²) in [5.74, 6) is -0.575. The van der Waals surface area contributed by atoms with Crippen molar-refractivity contribution in [3.05, 3.63) is 102 Å². The number of nitrogen functional groups attached to an aromatic ring is 1. The fourth-order valence-electron chi connectivity index (χ4n) is 11.5. The van der Waals surface area contributed by atoms with E-state index in [1.54, 1.807) is 6.07 Å². The number of ether oxygens (including phenoxy) is 3. The molecule has 6 aliphatic rings. The number of aromatic carboxylic acids is 1. The number of benzene rings is 3. The number of carboxylic acid groups (broad SMARTS) is 1. The molecule has 390 valence electrons. The second-order valence-corrected chi connectivity index (χ2v) is 21.9. The van der Waals surface area contributed by atoms with Crippen LogP contribution in [0.5, 0.6) is 11.5 Å². The average molecular weight is 1060 g/mol. The summed E-state index contributed by atoms with van der Waals surface area (Å²) in [5.41, 5.74) is 12.9. The van der Waals surface area contributed by atoms with Crippen molar-refractivity contribution in [3.63, 3.8) is 0 Å². The summed E-state index contributed by atoms with van der Waals surface area (Å²) >= 11 is 0. The molecule has 0 saturated carbocycles. The van der Waals surface area contributed by atoms with Crippen LogP contribution in [-0.4, -0.2) is 122 Å². The van der Waals surface area contributed by atoms with Gasteiger partial charge in [0.2, 0.25) is 17.1 Å². The van der Waals surface area contributed by atoms with Crippen LogP contribution in [0.2, 0.25) is 0 Å². The van der Waals surface area contributed by atoms with Gasteiger partial charge in [0.05, 0.1) is 24.8 Å². The number of aryl methyl sites for hydroxylation is 3. The molecule has 6 aliphatic heterocycles. The molecule has 25 nitrogen and oxygen atoms in total. The number of aromatic nitrogens is 4. The molecule has 0 spiro atoms. The van der Waals surface area contributed by atoms with E-state index in [1.165, 1.54) is 56.8 Å². The van der Waals surface area contributed by atoms with Crippen molar-refractivity contribution in [2.75, 3.05) is 56.5 Å². The van der Waals surface area contributed by atoms with Crippen LogP contribution >= 0.6 is 15.6 Å². The van der Waals surface area contributed by atoms with E-state index in [1.807, 2.05) is 0 Å². The zero-order valence-electron chi connectivity index (χ0n) is 39.8. The zero-order chi connectivity index (χ0) is 52.0. The number of phosphoric acid groups is 2. The van der Waals surface area contributed by atoms with Crippen molar-refractivity contribution in [1.82, 2.24) is 29.7 Å². The topological polar surface area (TPSA) is 344 Å². The maximum atomic E-state index is 14.0. The summed E-state index contributed by atoms with van der Waals surface area (Å²) in [6.07, 6.45) is 0.758. The molecule has 10 N–H and O–H groups in total. The summed E-state index contributed by atoms with van der Waals surface area (Å²) in [6.45, 7) is 2.39. The van der Waals surface area contributed by atoms with E-state index in [9.17, 15) is 43.4 Å². The Morgan fingerprint density at radius 2 is 1.68 bits per heavy atom. The maximum Gasteiger partial charge on any atom is 0.481 e. The molecule has 2 aromatic heterocycles. The number of rotatable bonds is 13. The Morgan fingerprint density at radius 1 is 0.946 bits per heavy atom. The Morgan fingerprint density at radius 3 is 2.45 bits per heavy atom. The Bertz CT molecular complexity index is 3520. The van der Waals surface area contributed by atoms with Crippen LogP contribution in [0.3, 0.4) is 0 Å². The van der Waals surface area contributed by atoms with Gasteiger partial charge in [0.1, 0.15) is 30.7 Å². The van der Waals surface area contributed by atoms with Gasteiger partial charge in [0.25, 0.3) is 17.4 Å². The third-order valence-corrected chi connectivity index (χ3v) is 16.5. The SMILES string of the molecule is Cn1c[n+]([C@@H]2O[C@H](COP(=O)(O)OP(=O)(O)O)[C@@H](OC(=O)NCCNC(=O)c3ccc(C(=O)O)c(C4=c5cc6c7c(c5Oc5c4cc4c8c5CCCN8CCC4)CCC[N+]=7CCC6)c3)[C@H]2O)c2nc(N)[nH]c(=O)c21. The van der Waals surface area contributed by atoms with Gasteiger partial charge in [-0.15, -0.1) is 0 Å². The first kappa shape index (κ1) is 49.7. The number of nitrogens with zero attached hydrogens (tertiary/aromatic N) is 5. The van der Waals surface area contributed by atoms with E-state index in [4.69, 9.17) is 34.3 Å². The monoisotopic (exact) mass is 1060 g/mol. The molecule has 3 aromatic carbocycles. The van der Waals surface area contributed by atoms with Gasteiger partial charge >= 0.3 is 33.4 Å². The fraction of sp³-hybridized carbons (Fsp3) is 0.426. The van der Waals surface area contributed by atoms with E-state index in [0.29, 0.717) is 11.1 Å². The number of fused-ring (bicyclic) bond motifs is 5. The molecule has 5 atom stereocenters. The first-order valence-electron chi connectivity index (χ1n) is 24.2. The number of nitrogens with two attached hydrogens (primary N) is 1. The lowest BCUT2D eigenvalue weighted by atomic mass is 9.81. The fourth-order valence-corrected chi connectivity index (χ4v) is 13.1. The zero-order valence-corrected chi connectivity index (χ0v) is 41.6. The number of carbonyl (C=O) groups excluding carboxylic acids is 2. The molecule has 8 heterocycles. The Balaban J connectivity index is 0.857. The van der Waals surface area contributed by atoms with E-state index in [0.717, 1.165) is 111 Å². The highest BCUT2D eigenvalue weighted by Crippen LogP contribution is 2.58. The number of aliphatic hydroxyl groups excluding tert-OH is 1. The van der Waals surface area contributed by atoms with Gasteiger partial charge < -0.3 is 60.4 Å². The van der Waals surface area contributed by atoms with Crippen LogP contribution in [0.15, 0.2) is 41.5 Å². The number of alkyl carbamates (subject to hydrolysis) is 1. The molecule has 0 bridgehead atoms. The summed E-state index contributed by atoms with van der Waals surface area (Å²) in [7, 11) is -9.49. The molecular formula is C47H53N9O16P2+2. The minimum Gasteiger partial charge on any atom is -0.478 e. The van der Waals surface area contributed by atoms with Crippen LogP contribution in [0.25, 0.3) is 16.7 Å². The smallest absolute Gasteiger partial charge is 0.478 e. The number of aromatic amines is 1. The van der Waals surface area contributed by atoms with Crippen LogP contribution in [0.4, 0.5) is 16.4 Å². The third-order valence-electron chi connectivity index (χ3n) is 14.4. The maximum absolute atomic E-state index is 14.0. The van der Waals surface area contributed by atoms with Crippen LogP contribution in [-0.2, 0) is 60.2 Å². The van der Waals surface area contributed by atoms with Gasteiger partial charge in [-0.05, 0) is 80.0 Å². The van der Waals surface area contributed by atoms with E-state index in [-0.39, 0.29) is 41.3 Å². The summed E-state index contributed by atoms with van der Waals surface area (Å²) in [6, 6.07) is 8.75. The molecule has 0 radical (unpaired) electrons. The molecule has 1 saturated heterocycles. The van der Waals surface area contributed by atoms with Crippen LogP contribution in [0, 0.1) is 0 Å². The number of hydrogen-bond acceptors (Lipinski definition) is 15. The van der Waals surface area contributed by atoms with E-state index < -0.39 is 70.3 Å². The lowest BCUT2D eigenvalue weighted by Crippen LogP contribution is -2.47. The number of aliphatic hydroxyl groups is 1. The first-order chi connectivity index (χ1) is 35.3. The highest BCUT2D eigenvalue weighted by atomic mass is 31.3. The van der Waals surface area contributed by atoms with Crippen molar-refractivity contribution in [2.45, 2.75) is 75.9 Å². The molecule has 0 aliphatic carbocycles. The lowest BCUT2D eigenvalue weighted by Gasteiger charge is -2.39. The number of nitrogens with one attached hydrogen (secondary N) is 3. The quantitative estimate of drug-likeness (QED) is 0.0426. The molecule has 1 unspecified atom stereocenters. The highest BCUT2D eigenvalue weighted by Gasteiger charge is 2.51. The number of carboxylic acids is 1. The summed E-state index contributed by atoms with van der Waals surface area (Å²) < 4.78 is 55.9. The number of anilines is 2. The Labute approximate surface area is 419 Å². The third kappa shape index (κ3) is 9.04. The highest BCUT2D eigenvalue weighted by molar-refractivity contribution is 7.60. The minimum atomic E-state index is -5.53. The van der Waals surface area contributed by atoms with Crippen molar-refractivity contribution < 1.29 is 76.0 Å². The van der Waals surface area contributed by atoms with Gasteiger partial charge in [-0.25, -0.2) is 27.9 Å². The number of hydrogen-bond donors (Lipinski definition) is 9. The van der Waals surface area contributed by atoms with Gasteiger partial charge in [-0.2, -0.15) is 4.31 Å². The summed E-state index contributed by atoms with van der Waals surface area (Å²) in [5, 5.41) is 29.5. The van der Waals surface area contributed by atoms with Crippen molar-refractivity contribution in [3.8, 4) is 11.5 Å². The molecule has 1 fully saturated rings. The van der Waals surface area contributed by atoms with Crippen molar-refractivity contribution >= 4 is 62.0 Å². The predicted octanol–water partition coefficient (Wildman–Crippen LogP) is 0.274. The number of imidazole rings is 1. The molecule has 74 heavy (non-hydrogen) atoms. The average Bonchev–Trinajstić information content (AvgIpc) is 3.84. The molecule has 2 amide bonds. The van der Waals surface area contributed by atoms with Crippen molar-refractivity contribution in [1.29, 1.82) is 0 Å². The second-order valence-electron chi connectivity index (χ2n) is 19.1. The summed E-state index contributed by atoms with van der Waals surface area (Å²) in [4.78, 5) is 90.4. The Hall–Kier alpha value is -6.53. The second kappa shape index (κ2) is 19.0. The Kier molecular flexibility index (Phi) is 12.8. The predicted molar refractivity (Wildman–Crippen MR) is 259 cm³/mol. The van der Waals surface area contributed by atoms with E-state index in [2.05, 4.69) is 46.5 Å². The first-order valence-corrected chi connectivity index (χ1v) is 27.2. The molecule has 5 aromatic rings. The van der Waals surface area contributed by atoms with Crippen LogP contribution in [0.1, 0.15) is 86.0 Å². The number of H-pyrrole nitrogens is 1. The molecular weight excluding hydrogens is 1010 g/mol. The number of carbonyl (C=O) groups is 3. The standard InChI is InChI=1S/C47H51N9O16P2/c1-53-22-56(41-36(53)43(59)52-46(48)51-41)44-37(57)40(32(69-44)21-68-74(66,67)72-73(63,64)65)71-47(62)50-13-12-49-42(58)25-10-11-26(45(60)61)29(20-25)33-30-18-23-6-2-14-54-16-4-8-27(34(23)54)38(30)70-39-28-9-5-17-55-15-3-7-24(35(28)55)19-31(33)39/h10-11,18-20,22,32,37,40,44,57H,2-9,12-17,21H2,1H3,(H7-2,48,49,50,51,52,58,59,60,61,62,63,64,65,66,67)/p+2/t32-,37-,40-,44-/m1/s1.